The Morgan fingerprint density at radius 1 is 1.31 bits per heavy atom. The average Bonchev–Trinajstić information content (AvgIpc) is 3.27. The minimum atomic E-state index is -0.429. The van der Waals surface area contributed by atoms with Crippen molar-refractivity contribution in [2.24, 2.45) is 0 Å². The number of amides is 2. The van der Waals surface area contributed by atoms with Crippen LogP contribution in [0.25, 0.3) is 11.4 Å². The summed E-state index contributed by atoms with van der Waals surface area (Å²) in [5, 5.41) is 3.78. The summed E-state index contributed by atoms with van der Waals surface area (Å²) in [5.41, 5.74) is 0.260. The predicted molar refractivity (Wildman–Crippen MR) is 86.4 cm³/mol. The standard InChI is InChI=1S/C17H17FN4O4/c18-13-4-2-1-3-12(13)16-19-14(26-20-16)5-6-15(23)21-7-8-22-11(9-21)10-25-17(22)24/h1-4,11H,5-10H2. The van der Waals surface area contributed by atoms with Crippen molar-refractivity contribution < 1.29 is 23.2 Å². The van der Waals surface area contributed by atoms with E-state index in [0.29, 0.717) is 26.2 Å². The van der Waals surface area contributed by atoms with E-state index in [0.717, 1.165) is 0 Å². The topological polar surface area (TPSA) is 88.8 Å². The third-order valence-electron chi connectivity index (χ3n) is 4.60. The Hall–Kier alpha value is -2.97. The van der Waals surface area contributed by atoms with Gasteiger partial charge in [-0.1, -0.05) is 17.3 Å². The van der Waals surface area contributed by atoms with E-state index >= 15 is 0 Å². The van der Waals surface area contributed by atoms with Crippen LogP contribution in [0.1, 0.15) is 12.3 Å². The van der Waals surface area contributed by atoms with E-state index in [-0.39, 0.29) is 48.2 Å². The Kier molecular flexibility index (Phi) is 4.27. The minimum Gasteiger partial charge on any atom is -0.447 e. The van der Waals surface area contributed by atoms with Gasteiger partial charge in [0.2, 0.25) is 17.6 Å². The summed E-state index contributed by atoms with van der Waals surface area (Å²) < 4.78 is 23.9. The fourth-order valence-electron chi connectivity index (χ4n) is 3.20. The molecule has 4 rings (SSSR count). The van der Waals surface area contributed by atoms with E-state index in [1.807, 2.05) is 0 Å². The van der Waals surface area contributed by atoms with Crippen molar-refractivity contribution in [2.45, 2.75) is 18.9 Å². The van der Waals surface area contributed by atoms with Gasteiger partial charge >= 0.3 is 6.09 Å². The maximum atomic E-state index is 13.8. The highest BCUT2D eigenvalue weighted by atomic mass is 19.1. The van der Waals surface area contributed by atoms with Crippen molar-refractivity contribution in [2.75, 3.05) is 26.2 Å². The number of rotatable bonds is 4. The minimum absolute atomic E-state index is 0.0466. The third kappa shape index (κ3) is 3.12. The molecule has 26 heavy (non-hydrogen) atoms. The zero-order chi connectivity index (χ0) is 18.1. The van der Waals surface area contributed by atoms with Crippen molar-refractivity contribution in [1.29, 1.82) is 0 Å². The molecule has 1 aromatic heterocycles. The summed E-state index contributed by atoms with van der Waals surface area (Å²) in [6, 6.07) is 6.10. The smallest absolute Gasteiger partial charge is 0.410 e. The number of halogens is 1. The number of benzene rings is 1. The van der Waals surface area contributed by atoms with Crippen LogP contribution in [0.3, 0.4) is 0 Å². The molecule has 0 radical (unpaired) electrons. The van der Waals surface area contributed by atoms with E-state index < -0.39 is 5.82 Å². The Balaban J connectivity index is 1.34. The lowest BCUT2D eigenvalue weighted by atomic mass is 10.1. The highest BCUT2D eigenvalue weighted by Crippen LogP contribution is 2.21. The van der Waals surface area contributed by atoms with Crippen LogP contribution in [0, 0.1) is 5.82 Å². The van der Waals surface area contributed by atoms with E-state index in [1.165, 1.54) is 6.07 Å². The molecule has 0 N–H and O–H groups in total. The molecule has 2 aliphatic rings. The lowest BCUT2D eigenvalue weighted by Gasteiger charge is -2.35. The molecule has 9 heteroatoms. The summed E-state index contributed by atoms with van der Waals surface area (Å²) in [5.74, 6) is -0.0211. The molecular weight excluding hydrogens is 343 g/mol. The lowest BCUT2D eigenvalue weighted by molar-refractivity contribution is -0.133. The van der Waals surface area contributed by atoms with E-state index in [2.05, 4.69) is 10.1 Å². The molecule has 2 amide bonds. The molecule has 1 unspecified atom stereocenters. The second-order valence-corrected chi connectivity index (χ2v) is 6.26. The normalized spacial score (nSPS) is 19.4. The number of piperazine rings is 1. The van der Waals surface area contributed by atoms with Gasteiger partial charge in [-0.25, -0.2) is 9.18 Å². The quantitative estimate of drug-likeness (QED) is 0.820. The highest BCUT2D eigenvalue weighted by Gasteiger charge is 2.38. The van der Waals surface area contributed by atoms with Gasteiger partial charge in [0.15, 0.2) is 0 Å². The Morgan fingerprint density at radius 2 is 2.15 bits per heavy atom. The number of aromatic nitrogens is 2. The summed E-state index contributed by atoms with van der Waals surface area (Å²) >= 11 is 0. The number of hydrogen-bond donors (Lipinski definition) is 0. The lowest BCUT2D eigenvalue weighted by Crippen LogP contribution is -2.53. The average molecular weight is 360 g/mol. The molecular formula is C17H17FN4O4. The summed E-state index contributed by atoms with van der Waals surface area (Å²) in [4.78, 5) is 31.4. The van der Waals surface area contributed by atoms with Gasteiger partial charge in [-0.15, -0.1) is 0 Å². The molecule has 2 saturated heterocycles. The van der Waals surface area contributed by atoms with Gasteiger partial charge in [-0.3, -0.25) is 9.69 Å². The predicted octanol–water partition coefficient (Wildman–Crippen LogP) is 1.47. The fraction of sp³-hybridized carbons (Fsp3) is 0.412. The number of carbonyl (C=O) groups excluding carboxylic acids is 2. The first-order valence-electron chi connectivity index (χ1n) is 8.40. The number of fused-ring (bicyclic) bond motifs is 1. The Bertz CT molecular complexity index is 840. The van der Waals surface area contributed by atoms with Gasteiger partial charge in [0.05, 0.1) is 11.6 Å². The Labute approximate surface area is 148 Å². The van der Waals surface area contributed by atoms with Crippen molar-refractivity contribution in [3.63, 3.8) is 0 Å². The first-order valence-corrected chi connectivity index (χ1v) is 8.40. The number of cyclic esters (lactones) is 1. The third-order valence-corrected chi connectivity index (χ3v) is 4.60. The number of aryl methyl sites for hydroxylation is 1. The zero-order valence-electron chi connectivity index (χ0n) is 13.9. The molecule has 2 fully saturated rings. The first-order chi connectivity index (χ1) is 12.6. The maximum absolute atomic E-state index is 13.8. The van der Waals surface area contributed by atoms with Gasteiger partial charge in [0.25, 0.3) is 0 Å². The number of carbonyl (C=O) groups is 2. The monoisotopic (exact) mass is 360 g/mol. The maximum Gasteiger partial charge on any atom is 0.410 e. The zero-order valence-corrected chi connectivity index (χ0v) is 13.9. The fourth-order valence-corrected chi connectivity index (χ4v) is 3.20. The molecule has 8 nitrogen and oxygen atoms in total. The van der Waals surface area contributed by atoms with E-state index in [9.17, 15) is 14.0 Å². The molecule has 3 heterocycles. The molecule has 1 aromatic carbocycles. The molecule has 0 saturated carbocycles. The second kappa shape index (κ2) is 6.74. The molecule has 0 spiro atoms. The van der Waals surface area contributed by atoms with E-state index in [4.69, 9.17) is 9.26 Å². The van der Waals surface area contributed by atoms with Crippen LogP contribution >= 0.6 is 0 Å². The van der Waals surface area contributed by atoms with Gasteiger partial charge in [0.1, 0.15) is 12.4 Å². The first kappa shape index (κ1) is 16.5. The van der Waals surface area contributed by atoms with Gasteiger partial charge < -0.3 is 14.2 Å². The van der Waals surface area contributed by atoms with Crippen LogP contribution in [-0.4, -0.2) is 64.2 Å². The largest absolute Gasteiger partial charge is 0.447 e. The van der Waals surface area contributed by atoms with Crippen LogP contribution in [-0.2, 0) is 16.0 Å². The van der Waals surface area contributed by atoms with Gasteiger partial charge in [-0.2, -0.15) is 4.98 Å². The van der Waals surface area contributed by atoms with Crippen molar-refractivity contribution in [3.8, 4) is 11.4 Å². The van der Waals surface area contributed by atoms with Crippen LogP contribution in [0.15, 0.2) is 28.8 Å². The van der Waals surface area contributed by atoms with Crippen molar-refractivity contribution in [1.82, 2.24) is 19.9 Å². The highest BCUT2D eigenvalue weighted by molar-refractivity contribution is 5.77. The van der Waals surface area contributed by atoms with Crippen LogP contribution in [0.2, 0.25) is 0 Å². The number of hydrogen-bond acceptors (Lipinski definition) is 6. The van der Waals surface area contributed by atoms with Gasteiger partial charge in [-0.05, 0) is 12.1 Å². The van der Waals surface area contributed by atoms with Crippen LogP contribution in [0.4, 0.5) is 9.18 Å². The molecule has 0 bridgehead atoms. The molecule has 136 valence electrons. The summed E-state index contributed by atoms with van der Waals surface area (Å²) in [6.07, 6.45) is 0.176. The Morgan fingerprint density at radius 3 is 3.00 bits per heavy atom. The summed E-state index contributed by atoms with van der Waals surface area (Å²) in [7, 11) is 0. The van der Waals surface area contributed by atoms with Crippen LogP contribution in [0.5, 0.6) is 0 Å². The molecule has 1 atom stereocenters. The van der Waals surface area contributed by atoms with Crippen molar-refractivity contribution >= 4 is 12.0 Å². The second-order valence-electron chi connectivity index (χ2n) is 6.26. The molecule has 0 aliphatic carbocycles. The molecule has 2 aromatic rings. The molecule has 2 aliphatic heterocycles. The van der Waals surface area contributed by atoms with Crippen molar-refractivity contribution in [3.05, 3.63) is 36.0 Å². The summed E-state index contributed by atoms with van der Waals surface area (Å²) in [6.45, 7) is 1.75. The SMILES string of the molecule is O=C(CCc1nc(-c2ccccc2F)no1)N1CCN2C(=O)OCC2C1. The number of nitrogens with zero attached hydrogens (tertiary/aromatic N) is 4. The number of ether oxygens (including phenoxy) is 1. The van der Waals surface area contributed by atoms with Gasteiger partial charge in [0, 0.05) is 32.5 Å². The van der Waals surface area contributed by atoms with Crippen LogP contribution < -0.4 is 0 Å². The van der Waals surface area contributed by atoms with E-state index in [1.54, 1.807) is 28.0 Å².